The summed E-state index contributed by atoms with van der Waals surface area (Å²) in [6.07, 6.45) is 0.700. The van der Waals surface area contributed by atoms with E-state index in [0.29, 0.717) is 12.2 Å². The number of benzene rings is 7. The molecule has 0 aliphatic carbocycles. The molecule has 0 fully saturated rings. The second kappa shape index (κ2) is 9.99. The largest absolute Gasteiger partial charge is 0.456 e. The zero-order valence-corrected chi connectivity index (χ0v) is 26.4. The molecule has 0 unspecified atom stereocenters. The minimum Gasteiger partial charge on any atom is -0.456 e. The van der Waals surface area contributed by atoms with Gasteiger partial charge in [0.15, 0.2) is 5.82 Å². The van der Waals surface area contributed by atoms with E-state index in [1.165, 1.54) is 38.1 Å². The molecular weight excluding hydrogens is 599 g/mol. The highest BCUT2D eigenvalue weighted by atomic mass is 16.3. The molecule has 7 aromatic carbocycles. The Bertz CT molecular complexity index is 2970. The van der Waals surface area contributed by atoms with Gasteiger partial charge in [0, 0.05) is 50.2 Å². The third-order valence-corrected chi connectivity index (χ3v) is 10.2. The molecule has 0 N–H and O–H groups in total. The maximum atomic E-state index is 6.31. The molecule has 228 valence electrons. The molecular formula is C45H27N3O. The number of para-hydroxylation sites is 2. The van der Waals surface area contributed by atoms with Crippen LogP contribution in [0.5, 0.6) is 0 Å². The van der Waals surface area contributed by atoms with E-state index in [1.54, 1.807) is 0 Å². The zero-order valence-electron chi connectivity index (χ0n) is 26.4. The molecule has 1 aliphatic rings. The second-order valence-electron chi connectivity index (χ2n) is 12.9. The molecule has 0 amide bonds. The van der Waals surface area contributed by atoms with Crippen molar-refractivity contribution in [3.63, 3.8) is 0 Å². The molecule has 4 nitrogen and oxygen atoms in total. The van der Waals surface area contributed by atoms with Gasteiger partial charge in [-0.05, 0) is 46.7 Å². The minimum absolute atomic E-state index is 0.684. The Kier molecular flexibility index (Phi) is 5.41. The second-order valence-corrected chi connectivity index (χ2v) is 12.9. The van der Waals surface area contributed by atoms with Crippen molar-refractivity contribution in [1.82, 2.24) is 14.5 Å². The average Bonchev–Trinajstić information content (AvgIpc) is 3.71. The maximum absolute atomic E-state index is 6.31. The first-order valence-corrected chi connectivity index (χ1v) is 16.7. The van der Waals surface area contributed by atoms with Crippen molar-refractivity contribution >= 4 is 54.5 Å². The first kappa shape index (κ1) is 26.5. The van der Waals surface area contributed by atoms with E-state index in [0.717, 1.165) is 61.3 Å². The van der Waals surface area contributed by atoms with Crippen molar-refractivity contribution in [1.29, 1.82) is 0 Å². The molecule has 0 saturated carbocycles. The van der Waals surface area contributed by atoms with Crippen LogP contribution in [0.3, 0.4) is 0 Å². The normalized spacial score (nSPS) is 12.4. The Balaban J connectivity index is 1.28. The molecule has 0 saturated heterocycles. The van der Waals surface area contributed by atoms with Crippen molar-refractivity contribution < 1.29 is 4.42 Å². The molecule has 3 aromatic heterocycles. The summed E-state index contributed by atoms with van der Waals surface area (Å²) in [4.78, 5) is 11.0. The summed E-state index contributed by atoms with van der Waals surface area (Å²) < 4.78 is 8.76. The zero-order chi connectivity index (χ0) is 32.1. The van der Waals surface area contributed by atoms with Gasteiger partial charge in [0.1, 0.15) is 11.2 Å². The van der Waals surface area contributed by atoms with Crippen LogP contribution in [0.2, 0.25) is 0 Å². The van der Waals surface area contributed by atoms with Gasteiger partial charge in [-0.1, -0.05) is 121 Å². The van der Waals surface area contributed by atoms with Crippen LogP contribution in [0.15, 0.2) is 156 Å². The lowest BCUT2D eigenvalue weighted by Gasteiger charge is -2.18. The van der Waals surface area contributed by atoms with Gasteiger partial charge in [0.05, 0.1) is 28.1 Å². The molecule has 4 heteroatoms. The highest BCUT2D eigenvalue weighted by Gasteiger charge is 2.26. The van der Waals surface area contributed by atoms with Crippen molar-refractivity contribution in [3.8, 4) is 39.6 Å². The lowest BCUT2D eigenvalue weighted by atomic mass is 9.93. The highest BCUT2D eigenvalue weighted by Crippen LogP contribution is 2.44. The number of hydrogen-bond donors (Lipinski definition) is 0. The molecule has 1 aliphatic heterocycles. The third kappa shape index (κ3) is 3.80. The Morgan fingerprint density at radius 1 is 0.510 bits per heavy atom. The van der Waals surface area contributed by atoms with Crippen molar-refractivity contribution in [2.45, 2.75) is 6.42 Å². The molecule has 11 rings (SSSR count). The summed E-state index contributed by atoms with van der Waals surface area (Å²) in [6, 6.07) is 53.9. The summed E-state index contributed by atoms with van der Waals surface area (Å²) in [5.74, 6) is 0.684. The van der Waals surface area contributed by atoms with Crippen molar-refractivity contribution in [2.75, 3.05) is 0 Å². The standard InChI is InChI=1S/C45H27N3O/c1-2-12-29(13-3-1)43-35-25-27-21-23-31-38(26-27)48(37-24-22-28-11-4-5-14-30(28)41(31)37)36-18-8-6-15-32(36)44(35)47-45(46-43)34-17-10-20-40-42(34)33-16-7-9-19-39(33)49-40/h1-24,26H,25H2. The van der Waals surface area contributed by atoms with Crippen LogP contribution >= 0.6 is 0 Å². The van der Waals surface area contributed by atoms with Gasteiger partial charge >= 0.3 is 0 Å². The number of furan rings is 1. The Morgan fingerprint density at radius 2 is 1.27 bits per heavy atom. The molecule has 4 heterocycles. The van der Waals surface area contributed by atoms with Gasteiger partial charge in [-0.3, -0.25) is 0 Å². The van der Waals surface area contributed by atoms with Crippen LogP contribution in [0.1, 0.15) is 11.1 Å². The van der Waals surface area contributed by atoms with E-state index in [9.17, 15) is 0 Å². The predicted molar refractivity (Wildman–Crippen MR) is 200 cm³/mol. The van der Waals surface area contributed by atoms with Crippen LogP contribution in [-0.4, -0.2) is 14.5 Å². The van der Waals surface area contributed by atoms with Crippen LogP contribution < -0.4 is 0 Å². The molecule has 2 bridgehead atoms. The van der Waals surface area contributed by atoms with E-state index in [4.69, 9.17) is 14.4 Å². The van der Waals surface area contributed by atoms with Crippen LogP contribution in [0, 0.1) is 0 Å². The van der Waals surface area contributed by atoms with Gasteiger partial charge < -0.3 is 8.98 Å². The number of hydrogen-bond acceptors (Lipinski definition) is 3. The first-order valence-electron chi connectivity index (χ1n) is 16.7. The summed E-state index contributed by atoms with van der Waals surface area (Å²) in [7, 11) is 0. The van der Waals surface area contributed by atoms with E-state index in [1.807, 2.05) is 24.3 Å². The number of aromatic nitrogens is 3. The molecule has 0 radical (unpaired) electrons. The Hall–Kier alpha value is -6.52. The Labute approximate surface area is 281 Å². The van der Waals surface area contributed by atoms with Crippen LogP contribution in [-0.2, 0) is 6.42 Å². The topological polar surface area (TPSA) is 43.9 Å². The fourth-order valence-electron chi connectivity index (χ4n) is 8.07. The SMILES string of the molecule is c1ccc(-c2nc(-c3cccc4oc5ccccc5c34)nc3c2Cc2ccc4c5c6ccccc6ccc5n(c4c2)-c2ccccc2-3)cc1. The van der Waals surface area contributed by atoms with Gasteiger partial charge in [-0.15, -0.1) is 0 Å². The Morgan fingerprint density at radius 3 is 2.20 bits per heavy atom. The fourth-order valence-corrected chi connectivity index (χ4v) is 8.07. The third-order valence-electron chi connectivity index (χ3n) is 10.2. The van der Waals surface area contributed by atoms with E-state index >= 15 is 0 Å². The molecule has 0 atom stereocenters. The van der Waals surface area contributed by atoms with Crippen LogP contribution in [0.4, 0.5) is 0 Å². The molecule has 49 heavy (non-hydrogen) atoms. The quantitative estimate of drug-likeness (QED) is 0.192. The van der Waals surface area contributed by atoms with Gasteiger partial charge in [-0.2, -0.15) is 0 Å². The lowest BCUT2D eigenvalue weighted by Crippen LogP contribution is -2.05. The van der Waals surface area contributed by atoms with Crippen LogP contribution in [0.25, 0.3) is 94.1 Å². The van der Waals surface area contributed by atoms with Gasteiger partial charge in [0.25, 0.3) is 0 Å². The van der Waals surface area contributed by atoms with Crippen molar-refractivity contribution in [2.24, 2.45) is 0 Å². The van der Waals surface area contributed by atoms with E-state index in [-0.39, 0.29) is 0 Å². The molecule has 0 spiro atoms. The maximum Gasteiger partial charge on any atom is 0.161 e. The van der Waals surface area contributed by atoms with Gasteiger partial charge in [-0.25, -0.2) is 9.97 Å². The first-order chi connectivity index (χ1) is 24.3. The van der Waals surface area contributed by atoms with Crippen molar-refractivity contribution in [3.05, 3.63) is 163 Å². The fraction of sp³-hybridized carbons (Fsp3) is 0.0222. The van der Waals surface area contributed by atoms with E-state index < -0.39 is 0 Å². The lowest BCUT2D eigenvalue weighted by molar-refractivity contribution is 0.669. The molecule has 10 aromatic rings. The number of fused-ring (bicyclic) bond motifs is 13. The van der Waals surface area contributed by atoms with E-state index in [2.05, 4.69) is 132 Å². The minimum atomic E-state index is 0.684. The summed E-state index contributed by atoms with van der Waals surface area (Å²) in [5.41, 5.74) is 12.5. The smallest absolute Gasteiger partial charge is 0.161 e. The van der Waals surface area contributed by atoms with Gasteiger partial charge in [0.2, 0.25) is 0 Å². The summed E-state index contributed by atoms with van der Waals surface area (Å²) in [5, 5.41) is 7.14. The summed E-state index contributed by atoms with van der Waals surface area (Å²) in [6.45, 7) is 0. The average molecular weight is 626 g/mol. The highest BCUT2D eigenvalue weighted by molar-refractivity contribution is 6.21. The number of rotatable bonds is 2. The monoisotopic (exact) mass is 625 g/mol. The number of nitrogens with zero attached hydrogens (tertiary/aromatic N) is 3. The summed E-state index contributed by atoms with van der Waals surface area (Å²) >= 11 is 0. The predicted octanol–water partition coefficient (Wildman–Crippen LogP) is 11.5.